The third-order valence-electron chi connectivity index (χ3n) is 4.87. The van der Waals surface area contributed by atoms with Gasteiger partial charge in [0, 0.05) is 0 Å². The Hall–Kier alpha value is -3.37. The third kappa shape index (κ3) is 1.74. The summed E-state index contributed by atoms with van der Waals surface area (Å²) in [5.74, 6) is 0. The fourth-order valence-corrected chi connectivity index (χ4v) is 3.71. The van der Waals surface area contributed by atoms with Crippen molar-refractivity contribution in [3.05, 3.63) is 84.4 Å². The predicted molar refractivity (Wildman–Crippen MR) is 101 cm³/mol. The van der Waals surface area contributed by atoms with Crippen LogP contribution in [0.15, 0.2) is 78.9 Å². The molecule has 0 aliphatic heterocycles. The van der Waals surface area contributed by atoms with Crippen molar-refractivity contribution in [3.8, 4) is 6.07 Å². The zero-order chi connectivity index (χ0) is 16.1. The molecule has 0 spiro atoms. The number of hydrogen-bond donors (Lipinski definition) is 0. The molecule has 0 atom stereocenters. The molecule has 24 heavy (non-hydrogen) atoms. The molecule has 0 aliphatic rings. The van der Waals surface area contributed by atoms with E-state index in [0.717, 1.165) is 5.39 Å². The molecule has 1 nitrogen and oxygen atoms in total. The number of rotatable bonds is 0. The van der Waals surface area contributed by atoms with Gasteiger partial charge in [-0.1, -0.05) is 66.7 Å². The maximum atomic E-state index is 9.10. The molecule has 0 bridgehead atoms. The highest BCUT2D eigenvalue weighted by Gasteiger charge is 2.07. The number of nitrogens with zero attached hydrogens (tertiary/aromatic N) is 1. The van der Waals surface area contributed by atoms with E-state index in [0.29, 0.717) is 5.56 Å². The van der Waals surface area contributed by atoms with E-state index >= 15 is 0 Å². The smallest absolute Gasteiger partial charge is 0.0991 e. The van der Waals surface area contributed by atoms with E-state index in [1.165, 1.54) is 37.7 Å². The van der Waals surface area contributed by atoms with Crippen LogP contribution >= 0.6 is 0 Å². The molecular formula is C23H13N. The van der Waals surface area contributed by atoms with Gasteiger partial charge in [-0.05, 0) is 55.2 Å². The summed E-state index contributed by atoms with van der Waals surface area (Å²) in [7, 11) is 0. The van der Waals surface area contributed by atoms with Crippen LogP contribution in [0, 0.1) is 11.3 Å². The van der Waals surface area contributed by atoms with Gasteiger partial charge in [0.1, 0.15) is 0 Å². The van der Waals surface area contributed by atoms with Gasteiger partial charge in [0.05, 0.1) is 11.6 Å². The van der Waals surface area contributed by atoms with Crippen LogP contribution in [0.4, 0.5) is 0 Å². The quantitative estimate of drug-likeness (QED) is 0.314. The van der Waals surface area contributed by atoms with Crippen molar-refractivity contribution < 1.29 is 0 Å². The van der Waals surface area contributed by atoms with Gasteiger partial charge >= 0.3 is 0 Å². The van der Waals surface area contributed by atoms with Crippen molar-refractivity contribution in [3.63, 3.8) is 0 Å². The van der Waals surface area contributed by atoms with Crippen molar-refractivity contribution in [2.45, 2.75) is 0 Å². The van der Waals surface area contributed by atoms with Crippen molar-refractivity contribution in [2.24, 2.45) is 0 Å². The van der Waals surface area contributed by atoms with E-state index in [1.54, 1.807) is 0 Å². The minimum atomic E-state index is 0.702. The summed E-state index contributed by atoms with van der Waals surface area (Å²) in [6.45, 7) is 0. The Balaban J connectivity index is 1.96. The number of hydrogen-bond acceptors (Lipinski definition) is 1. The average molecular weight is 303 g/mol. The van der Waals surface area contributed by atoms with E-state index in [-0.39, 0.29) is 0 Å². The van der Waals surface area contributed by atoms with Crippen LogP contribution in [0.1, 0.15) is 5.56 Å². The van der Waals surface area contributed by atoms with Crippen LogP contribution in [0.25, 0.3) is 43.1 Å². The molecule has 0 heterocycles. The summed E-state index contributed by atoms with van der Waals surface area (Å²) < 4.78 is 0. The Labute approximate surface area is 139 Å². The van der Waals surface area contributed by atoms with Crippen LogP contribution in [-0.4, -0.2) is 0 Å². The van der Waals surface area contributed by atoms with Crippen molar-refractivity contribution >= 4 is 43.1 Å². The Morgan fingerprint density at radius 3 is 1.79 bits per heavy atom. The number of nitriles is 1. The second-order valence-electron chi connectivity index (χ2n) is 6.16. The lowest BCUT2D eigenvalue weighted by molar-refractivity contribution is 1.50. The van der Waals surface area contributed by atoms with Crippen LogP contribution in [0.2, 0.25) is 0 Å². The van der Waals surface area contributed by atoms with Crippen LogP contribution in [0.5, 0.6) is 0 Å². The predicted octanol–water partition coefficient (Wildman–Crippen LogP) is 6.17. The van der Waals surface area contributed by atoms with E-state index in [1.807, 2.05) is 12.1 Å². The van der Waals surface area contributed by atoms with Gasteiger partial charge in [0.15, 0.2) is 0 Å². The molecule has 0 fully saturated rings. The first kappa shape index (κ1) is 13.1. The van der Waals surface area contributed by atoms with Crippen molar-refractivity contribution in [1.29, 1.82) is 5.26 Å². The van der Waals surface area contributed by atoms with Gasteiger partial charge in [-0.2, -0.15) is 5.26 Å². The fraction of sp³-hybridized carbons (Fsp3) is 0. The molecule has 0 saturated heterocycles. The normalized spacial score (nSPS) is 11.3. The molecular weight excluding hydrogens is 290 g/mol. The second-order valence-corrected chi connectivity index (χ2v) is 6.16. The van der Waals surface area contributed by atoms with E-state index in [9.17, 15) is 0 Å². The molecule has 110 valence electrons. The molecule has 5 aromatic rings. The van der Waals surface area contributed by atoms with Gasteiger partial charge in [0.25, 0.3) is 0 Å². The van der Waals surface area contributed by atoms with Crippen LogP contribution in [0.3, 0.4) is 0 Å². The number of fused-ring (bicyclic) bond motifs is 7. The summed E-state index contributed by atoms with van der Waals surface area (Å²) in [4.78, 5) is 0. The zero-order valence-electron chi connectivity index (χ0n) is 13.0. The molecule has 0 saturated carbocycles. The SMILES string of the molecule is N#Cc1ccc2c(ccc3c2ccc2c4ccccc4ccc23)c1. The fourth-order valence-electron chi connectivity index (χ4n) is 3.71. The highest BCUT2D eigenvalue weighted by atomic mass is 14.2. The highest BCUT2D eigenvalue weighted by molar-refractivity contribution is 6.22. The number of benzene rings is 5. The topological polar surface area (TPSA) is 23.8 Å². The summed E-state index contributed by atoms with van der Waals surface area (Å²) in [5.41, 5.74) is 0.702. The summed E-state index contributed by atoms with van der Waals surface area (Å²) >= 11 is 0. The van der Waals surface area contributed by atoms with Gasteiger partial charge < -0.3 is 0 Å². The van der Waals surface area contributed by atoms with Gasteiger partial charge in [0.2, 0.25) is 0 Å². The van der Waals surface area contributed by atoms with Gasteiger partial charge in [-0.25, -0.2) is 0 Å². The van der Waals surface area contributed by atoms with Crippen LogP contribution < -0.4 is 0 Å². The Morgan fingerprint density at radius 1 is 0.500 bits per heavy atom. The minimum Gasteiger partial charge on any atom is -0.192 e. The molecule has 5 rings (SSSR count). The monoisotopic (exact) mass is 303 g/mol. The lowest BCUT2D eigenvalue weighted by atomic mass is 9.94. The zero-order valence-corrected chi connectivity index (χ0v) is 13.0. The summed E-state index contributed by atoms with van der Waals surface area (Å²) in [6.07, 6.45) is 0. The van der Waals surface area contributed by atoms with E-state index in [2.05, 4.69) is 72.8 Å². The first-order chi connectivity index (χ1) is 11.8. The molecule has 0 aliphatic carbocycles. The molecule has 5 aromatic carbocycles. The summed E-state index contributed by atoms with van der Waals surface area (Å²) in [6, 6.07) is 29.8. The van der Waals surface area contributed by atoms with Gasteiger partial charge in [-0.3, -0.25) is 0 Å². The molecule has 1 heteroatoms. The average Bonchev–Trinajstić information content (AvgIpc) is 2.66. The minimum absolute atomic E-state index is 0.702. The van der Waals surface area contributed by atoms with Gasteiger partial charge in [-0.15, -0.1) is 0 Å². The maximum Gasteiger partial charge on any atom is 0.0991 e. The highest BCUT2D eigenvalue weighted by Crippen LogP contribution is 2.34. The molecule has 0 radical (unpaired) electrons. The van der Waals surface area contributed by atoms with E-state index in [4.69, 9.17) is 5.26 Å². The van der Waals surface area contributed by atoms with Crippen molar-refractivity contribution in [2.75, 3.05) is 0 Å². The molecule has 0 amide bonds. The third-order valence-corrected chi connectivity index (χ3v) is 4.87. The maximum absolute atomic E-state index is 9.10. The standard InChI is InChI=1S/C23H13N/c24-14-15-5-8-19-17(13-15)7-10-23-21(19)12-11-20-18-4-2-1-3-16(18)6-9-22(20)23/h1-13H. The Morgan fingerprint density at radius 2 is 1.04 bits per heavy atom. The first-order valence-corrected chi connectivity index (χ1v) is 8.02. The van der Waals surface area contributed by atoms with E-state index < -0.39 is 0 Å². The Bertz CT molecular complexity index is 1310. The lowest BCUT2D eigenvalue weighted by Gasteiger charge is -2.10. The molecule has 0 N–H and O–H groups in total. The van der Waals surface area contributed by atoms with Crippen LogP contribution in [-0.2, 0) is 0 Å². The van der Waals surface area contributed by atoms with Crippen molar-refractivity contribution in [1.82, 2.24) is 0 Å². The summed E-state index contributed by atoms with van der Waals surface area (Å²) in [5, 5.41) is 19.0. The largest absolute Gasteiger partial charge is 0.192 e. The second kappa shape index (κ2) is 4.81. The molecule has 0 aromatic heterocycles. The Kier molecular flexibility index (Phi) is 2.63. The molecule has 0 unspecified atom stereocenters. The first-order valence-electron chi connectivity index (χ1n) is 8.02. The lowest BCUT2D eigenvalue weighted by Crippen LogP contribution is -1.83.